The summed E-state index contributed by atoms with van der Waals surface area (Å²) in [6.07, 6.45) is 5.17. The van der Waals surface area contributed by atoms with Gasteiger partial charge in [-0.2, -0.15) is 0 Å². The number of aliphatic hydroxyl groups excluding tert-OH is 1. The number of aliphatic hydroxyl groups is 1. The standard InChI is InChI=1S/C12H24N2O/c1-3-14(2)8-12(9-15,10-4-5-10)13-11-6-7-11/h10-11,13,15H,3-9H2,1-2H3. The quantitative estimate of drug-likeness (QED) is 0.656. The molecule has 2 saturated carbocycles. The molecule has 2 fully saturated rings. The Morgan fingerprint density at radius 2 is 2.00 bits per heavy atom. The van der Waals surface area contributed by atoms with Crippen molar-refractivity contribution in [1.29, 1.82) is 0 Å². The summed E-state index contributed by atoms with van der Waals surface area (Å²) in [4.78, 5) is 2.31. The molecule has 0 aromatic heterocycles. The number of hydrogen-bond acceptors (Lipinski definition) is 3. The summed E-state index contributed by atoms with van der Waals surface area (Å²) >= 11 is 0. The van der Waals surface area contributed by atoms with Gasteiger partial charge in [-0.05, 0) is 45.2 Å². The van der Waals surface area contributed by atoms with E-state index in [4.69, 9.17) is 0 Å². The topological polar surface area (TPSA) is 35.5 Å². The van der Waals surface area contributed by atoms with Crippen LogP contribution < -0.4 is 5.32 Å². The van der Waals surface area contributed by atoms with Crippen molar-refractivity contribution in [3.8, 4) is 0 Å². The van der Waals surface area contributed by atoms with Crippen molar-refractivity contribution >= 4 is 0 Å². The van der Waals surface area contributed by atoms with E-state index in [-0.39, 0.29) is 5.54 Å². The van der Waals surface area contributed by atoms with Crippen molar-refractivity contribution < 1.29 is 5.11 Å². The van der Waals surface area contributed by atoms with Gasteiger partial charge in [0, 0.05) is 12.6 Å². The first-order valence-electron chi connectivity index (χ1n) is 6.27. The molecule has 1 atom stereocenters. The van der Waals surface area contributed by atoms with E-state index in [1.807, 2.05) is 0 Å². The molecule has 0 aromatic carbocycles. The summed E-state index contributed by atoms with van der Waals surface area (Å²) in [5, 5.41) is 13.4. The number of nitrogens with zero attached hydrogens (tertiary/aromatic N) is 1. The van der Waals surface area contributed by atoms with E-state index < -0.39 is 0 Å². The smallest absolute Gasteiger partial charge is 0.0628 e. The van der Waals surface area contributed by atoms with Gasteiger partial charge in [0.15, 0.2) is 0 Å². The van der Waals surface area contributed by atoms with Gasteiger partial charge in [-0.25, -0.2) is 0 Å². The van der Waals surface area contributed by atoms with E-state index >= 15 is 0 Å². The highest BCUT2D eigenvalue weighted by Crippen LogP contribution is 2.41. The predicted molar refractivity (Wildman–Crippen MR) is 61.9 cm³/mol. The predicted octanol–water partition coefficient (Wildman–Crippen LogP) is 0.831. The first-order chi connectivity index (χ1) is 7.20. The van der Waals surface area contributed by atoms with Crippen LogP contribution in [0.2, 0.25) is 0 Å². The SMILES string of the molecule is CCN(C)CC(CO)(NC1CC1)C1CC1. The van der Waals surface area contributed by atoms with Crippen LogP contribution in [0.5, 0.6) is 0 Å². The molecule has 2 rings (SSSR count). The highest BCUT2D eigenvalue weighted by atomic mass is 16.3. The summed E-state index contributed by atoms with van der Waals surface area (Å²) in [5.74, 6) is 0.706. The van der Waals surface area contributed by atoms with Gasteiger partial charge in [0.2, 0.25) is 0 Å². The molecule has 0 amide bonds. The maximum Gasteiger partial charge on any atom is 0.0628 e. The third kappa shape index (κ3) is 2.71. The molecule has 2 aliphatic rings. The van der Waals surface area contributed by atoms with E-state index in [1.54, 1.807) is 0 Å². The zero-order chi connectivity index (χ0) is 10.9. The maximum absolute atomic E-state index is 9.72. The Bertz CT molecular complexity index is 214. The molecule has 0 saturated heterocycles. The Morgan fingerprint density at radius 3 is 2.40 bits per heavy atom. The van der Waals surface area contributed by atoms with E-state index in [0.29, 0.717) is 18.6 Å². The molecule has 2 N–H and O–H groups in total. The Hall–Kier alpha value is -0.120. The molecule has 0 spiro atoms. The van der Waals surface area contributed by atoms with Crippen LogP contribution in [0.25, 0.3) is 0 Å². The lowest BCUT2D eigenvalue weighted by Crippen LogP contribution is -2.58. The van der Waals surface area contributed by atoms with Crippen LogP contribution in [-0.2, 0) is 0 Å². The molecule has 3 nitrogen and oxygen atoms in total. The zero-order valence-corrected chi connectivity index (χ0v) is 10.00. The number of rotatable bonds is 7. The zero-order valence-electron chi connectivity index (χ0n) is 10.00. The second-order valence-electron chi connectivity index (χ2n) is 5.34. The summed E-state index contributed by atoms with van der Waals surface area (Å²) in [6, 6.07) is 0.683. The third-order valence-corrected chi connectivity index (χ3v) is 3.80. The van der Waals surface area contributed by atoms with Gasteiger partial charge >= 0.3 is 0 Å². The summed E-state index contributed by atoms with van der Waals surface area (Å²) in [7, 11) is 2.14. The molecule has 0 heterocycles. The van der Waals surface area contributed by atoms with E-state index in [1.165, 1.54) is 25.7 Å². The van der Waals surface area contributed by atoms with Gasteiger partial charge in [0.1, 0.15) is 0 Å². The van der Waals surface area contributed by atoms with Crippen LogP contribution in [-0.4, -0.2) is 48.3 Å². The molecule has 2 aliphatic carbocycles. The van der Waals surface area contributed by atoms with Gasteiger partial charge in [0.05, 0.1) is 12.1 Å². The Labute approximate surface area is 92.8 Å². The lowest BCUT2D eigenvalue weighted by Gasteiger charge is -2.37. The van der Waals surface area contributed by atoms with Gasteiger partial charge < -0.3 is 15.3 Å². The van der Waals surface area contributed by atoms with E-state index in [9.17, 15) is 5.11 Å². The molecule has 15 heavy (non-hydrogen) atoms. The summed E-state index contributed by atoms with van der Waals surface area (Å²) < 4.78 is 0. The molecular formula is C12H24N2O. The average Bonchev–Trinajstić information content (AvgIpc) is 3.07. The maximum atomic E-state index is 9.72. The van der Waals surface area contributed by atoms with E-state index in [2.05, 4.69) is 24.2 Å². The molecule has 3 heteroatoms. The van der Waals surface area contributed by atoms with Crippen LogP contribution in [0.4, 0.5) is 0 Å². The van der Waals surface area contributed by atoms with Crippen LogP contribution in [0.1, 0.15) is 32.6 Å². The van der Waals surface area contributed by atoms with Crippen molar-refractivity contribution in [3.05, 3.63) is 0 Å². The normalized spacial score (nSPS) is 25.6. The van der Waals surface area contributed by atoms with Crippen molar-refractivity contribution in [2.75, 3.05) is 26.7 Å². The minimum atomic E-state index is -0.00801. The lowest BCUT2D eigenvalue weighted by atomic mass is 9.93. The second-order valence-corrected chi connectivity index (χ2v) is 5.34. The van der Waals surface area contributed by atoms with Gasteiger partial charge in [-0.15, -0.1) is 0 Å². The Morgan fingerprint density at radius 1 is 1.33 bits per heavy atom. The van der Waals surface area contributed by atoms with Crippen molar-refractivity contribution in [2.24, 2.45) is 5.92 Å². The average molecular weight is 212 g/mol. The van der Waals surface area contributed by atoms with Crippen LogP contribution in [0.15, 0.2) is 0 Å². The van der Waals surface area contributed by atoms with Crippen molar-refractivity contribution in [2.45, 2.75) is 44.2 Å². The van der Waals surface area contributed by atoms with Crippen LogP contribution >= 0.6 is 0 Å². The van der Waals surface area contributed by atoms with Crippen LogP contribution in [0, 0.1) is 5.92 Å². The highest BCUT2D eigenvalue weighted by molar-refractivity contribution is 5.05. The summed E-state index contributed by atoms with van der Waals surface area (Å²) in [6.45, 7) is 4.51. The third-order valence-electron chi connectivity index (χ3n) is 3.80. The largest absolute Gasteiger partial charge is 0.394 e. The number of hydrogen-bond donors (Lipinski definition) is 2. The Balaban J connectivity index is 1.97. The fourth-order valence-corrected chi connectivity index (χ4v) is 2.38. The second kappa shape index (κ2) is 4.40. The molecule has 88 valence electrons. The van der Waals surface area contributed by atoms with Crippen molar-refractivity contribution in [1.82, 2.24) is 10.2 Å². The molecule has 1 unspecified atom stereocenters. The summed E-state index contributed by atoms with van der Waals surface area (Å²) in [5.41, 5.74) is -0.00801. The molecular weight excluding hydrogens is 188 g/mol. The van der Waals surface area contributed by atoms with Crippen molar-refractivity contribution in [3.63, 3.8) is 0 Å². The monoisotopic (exact) mass is 212 g/mol. The number of likely N-dealkylation sites (N-methyl/N-ethyl adjacent to an activating group) is 1. The lowest BCUT2D eigenvalue weighted by molar-refractivity contribution is 0.101. The Kier molecular flexibility index (Phi) is 3.33. The van der Waals surface area contributed by atoms with Gasteiger partial charge in [-0.3, -0.25) is 0 Å². The first-order valence-corrected chi connectivity index (χ1v) is 6.27. The van der Waals surface area contributed by atoms with Gasteiger partial charge in [-0.1, -0.05) is 6.92 Å². The molecule has 0 radical (unpaired) electrons. The highest BCUT2D eigenvalue weighted by Gasteiger charge is 2.47. The molecule has 0 bridgehead atoms. The minimum Gasteiger partial charge on any atom is -0.394 e. The fraction of sp³-hybridized carbons (Fsp3) is 1.00. The molecule has 0 aromatic rings. The van der Waals surface area contributed by atoms with Gasteiger partial charge in [0.25, 0.3) is 0 Å². The fourth-order valence-electron chi connectivity index (χ4n) is 2.38. The minimum absolute atomic E-state index is 0.00801. The number of nitrogens with one attached hydrogen (secondary N) is 1. The van der Waals surface area contributed by atoms with Crippen LogP contribution in [0.3, 0.4) is 0 Å². The van der Waals surface area contributed by atoms with E-state index in [0.717, 1.165) is 13.1 Å². The molecule has 0 aliphatic heterocycles. The first kappa shape index (κ1) is 11.4.